The highest BCUT2D eigenvalue weighted by atomic mass is 79.9. The molecule has 19 heavy (non-hydrogen) atoms. The molecular formula is C15H22BrClN2. The van der Waals surface area contributed by atoms with Crippen LogP contribution in [0.5, 0.6) is 0 Å². The van der Waals surface area contributed by atoms with Gasteiger partial charge in [-0.25, -0.2) is 0 Å². The van der Waals surface area contributed by atoms with Gasteiger partial charge in [0.1, 0.15) is 0 Å². The topological polar surface area (TPSA) is 38.0 Å². The second-order valence-electron chi connectivity index (χ2n) is 5.54. The van der Waals surface area contributed by atoms with Crippen molar-refractivity contribution in [3.8, 4) is 0 Å². The van der Waals surface area contributed by atoms with E-state index < -0.39 is 0 Å². The zero-order valence-corrected chi connectivity index (χ0v) is 13.5. The van der Waals surface area contributed by atoms with E-state index in [2.05, 4.69) is 27.4 Å². The smallest absolute Gasteiger partial charge is 0.0449 e. The maximum absolute atomic E-state index is 6.27. The number of benzene rings is 1. The highest BCUT2D eigenvalue weighted by Gasteiger charge is 2.19. The minimum Gasteiger partial charge on any atom is -0.271 e. The Morgan fingerprint density at radius 2 is 2.05 bits per heavy atom. The standard InChI is InChI=1S/C15H22BrClN2/c16-13-7-6-12(15(17)10-13)9-14(19-18)8-11-4-2-1-3-5-11/h6-7,10-11,14,19H,1-5,8-9,18H2. The largest absolute Gasteiger partial charge is 0.271 e. The van der Waals surface area contributed by atoms with E-state index in [1.54, 1.807) is 0 Å². The first-order valence-electron chi connectivity index (χ1n) is 7.09. The molecule has 0 aromatic heterocycles. The van der Waals surface area contributed by atoms with Crippen molar-refractivity contribution in [2.75, 3.05) is 0 Å². The van der Waals surface area contributed by atoms with Crippen molar-refractivity contribution in [3.05, 3.63) is 33.3 Å². The molecule has 4 heteroatoms. The summed E-state index contributed by atoms with van der Waals surface area (Å²) in [4.78, 5) is 0. The third-order valence-corrected chi connectivity index (χ3v) is 4.90. The van der Waals surface area contributed by atoms with Crippen LogP contribution in [-0.4, -0.2) is 6.04 Å². The van der Waals surface area contributed by atoms with Crippen LogP contribution in [0, 0.1) is 5.92 Å². The van der Waals surface area contributed by atoms with Gasteiger partial charge in [-0.15, -0.1) is 0 Å². The van der Waals surface area contributed by atoms with E-state index in [0.717, 1.165) is 28.3 Å². The van der Waals surface area contributed by atoms with Crippen molar-refractivity contribution in [3.63, 3.8) is 0 Å². The molecule has 3 N–H and O–H groups in total. The predicted octanol–water partition coefficient (Wildman–Crippen LogP) is 4.45. The van der Waals surface area contributed by atoms with Crippen LogP contribution in [0.4, 0.5) is 0 Å². The monoisotopic (exact) mass is 344 g/mol. The van der Waals surface area contributed by atoms with E-state index in [1.807, 2.05) is 12.1 Å². The van der Waals surface area contributed by atoms with Gasteiger partial charge in [-0.3, -0.25) is 11.3 Å². The van der Waals surface area contributed by atoms with E-state index in [-0.39, 0.29) is 0 Å². The van der Waals surface area contributed by atoms with Gasteiger partial charge in [0.05, 0.1) is 0 Å². The second-order valence-corrected chi connectivity index (χ2v) is 6.87. The molecule has 0 saturated heterocycles. The quantitative estimate of drug-likeness (QED) is 0.611. The van der Waals surface area contributed by atoms with E-state index in [1.165, 1.54) is 37.7 Å². The van der Waals surface area contributed by atoms with Crippen molar-refractivity contribution in [2.45, 2.75) is 51.0 Å². The summed E-state index contributed by atoms with van der Waals surface area (Å²) in [7, 11) is 0. The van der Waals surface area contributed by atoms with Crippen molar-refractivity contribution in [2.24, 2.45) is 11.8 Å². The Kier molecular flexibility index (Phi) is 6.14. The molecule has 0 amide bonds. The van der Waals surface area contributed by atoms with Gasteiger partial charge in [0.25, 0.3) is 0 Å². The SMILES string of the molecule is NNC(Cc1ccc(Br)cc1Cl)CC1CCCCC1. The fraction of sp³-hybridized carbons (Fsp3) is 0.600. The summed E-state index contributed by atoms with van der Waals surface area (Å²) < 4.78 is 1.02. The summed E-state index contributed by atoms with van der Waals surface area (Å²) in [6.45, 7) is 0. The number of hydrazine groups is 1. The van der Waals surface area contributed by atoms with E-state index in [4.69, 9.17) is 17.4 Å². The van der Waals surface area contributed by atoms with Crippen LogP contribution in [0.15, 0.2) is 22.7 Å². The van der Waals surface area contributed by atoms with E-state index >= 15 is 0 Å². The maximum Gasteiger partial charge on any atom is 0.0449 e. The van der Waals surface area contributed by atoms with Crippen LogP contribution in [0.25, 0.3) is 0 Å². The number of hydrogen-bond donors (Lipinski definition) is 2. The fourth-order valence-electron chi connectivity index (χ4n) is 2.99. The lowest BCUT2D eigenvalue weighted by atomic mass is 9.84. The van der Waals surface area contributed by atoms with E-state index in [0.29, 0.717) is 6.04 Å². The number of rotatable bonds is 5. The highest BCUT2D eigenvalue weighted by molar-refractivity contribution is 9.10. The number of halogens is 2. The first-order chi connectivity index (χ1) is 9.19. The molecule has 0 aliphatic heterocycles. The molecule has 2 nitrogen and oxygen atoms in total. The molecule has 1 aromatic rings. The molecule has 106 valence electrons. The van der Waals surface area contributed by atoms with Gasteiger partial charge in [0.15, 0.2) is 0 Å². The van der Waals surface area contributed by atoms with Crippen molar-refractivity contribution >= 4 is 27.5 Å². The van der Waals surface area contributed by atoms with Crippen LogP contribution >= 0.6 is 27.5 Å². The molecule has 1 aliphatic rings. The van der Waals surface area contributed by atoms with Crippen molar-refractivity contribution in [1.82, 2.24) is 5.43 Å². The van der Waals surface area contributed by atoms with Gasteiger partial charge < -0.3 is 0 Å². The average molecular weight is 346 g/mol. The van der Waals surface area contributed by atoms with Crippen molar-refractivity contribution in [1.29, 1.82) is 0 Å². The summed E-state index contributed by atoms with van der Waals surface area (Å²) >= 11 is 9.71. The third-order valence-electron chi connectivity index (χ3n) is 4.06. The van der Waals surface area contributed by atoms with Gasteiger partial charge in [-0.1, -0.05) is 65.7 Å². The Morgan fingerprint density at radius 1 is 1.32 bits per heavy atom. The Balaban J connectivity index is 1.94. The van der Waals surface area contributed by atoms with Crippen LogP contribution < -0.4 is 11.3 Å². The van der Waals surface area contributed by atoms with Gasteiger partial charge >= 0.3 is 0 Å². The summed E-state index contributed by atoms with van der Waals surface area (Å²) in [5.41, 5.74) is 4.14. The second kappa shape index (κ2) is 7.63. The normalized spacial score (nSPS) is 18.5. The van der Waals surface area contributed by atoms with Gasteiger partial charge in [-0.05, 0) is 36.5 Å². The van der Waals surface area contributed by atoms with Crippen LogP contribution in [0.3, 0.4) is 0 Å². The molecule has 1 aromatic carbocycles. The molecule has 1 fully saturated rings. The zero-order valence-electron chi connectivity index (χ0n) is 11.2. The molecule has 1 atom stereocenters. The van der Waals surface area contributed by atoms with Gasteiger partial charge in [0.2, 0.25) is 0 Å². The molecule has 1 unspecified atom stereocenters. The Bertz CT molecular complexity index is 405. The van der Waals surface area contributed by atoms with Crippen molar-refractivity contribution < 1.29 is 0 Å². The molecule has 0 radical (unpaired) electrons. The highest BCUT2D eigenvalue weighted by Crippen LogP contribution is 2.29. The molecule has 1 saturated carbocycles. The number of hydrogen-bond acceptors (Lipinski definition) is 2. The lowest BCUT2D eigenvalue weighted by Gasteiger charge is -2.26. The number of nitrogens with one attached hydrogen (secondary N) is 1. The molecule has 0 bridgehead atoms. The van der Waals surface area contributed by atoms with Gasteiger partial charge in [-0.2, -0.15) is 0 Å². The zero-order chi connectivity index (χ0) is 13.7. The molecule has 1 aliphatic carbocycles. The number of nitrogens with two attached hydrogens (primary N) is 1. The first-order valence-corrected chi connectivity index (χ1v) is 8.26. The molecule has 0 heterocycles. The summed E-state index contributed by atoms with van der Waals surface area (Å²) in [5, 5.41) is 0.818. The van der Waals surface area contributed by atoms with Crippen LogP contribution in [0.2, 0.25) is 5.02 Å². The minimum atomic E-state index is 0.321. The average Bonchev–Trinajstić information content (AvgIpc) is 2.42. The molecular weight excluding hydrogens is 324 g/mol. The Hall–Kier alpha value is -0.0900. The van der Waals surface area contributed by atoms with Gasteiger partial charge in [0, 0.05) is 15.5 Å². The summed E-state index contributed by atoms with van der Waals surface area (Å²) in [5.74, 6) is 6.54. The summed E-state index contributed by atoms with van der Waals surface area (Å²) in [6.07, 6.45) is 8.91. The maximum atomic E-state index is 6.27. The van der Waals surface area contributed by atoms with Crippen LogP contribution in [-0.2, 0) is 6.42 Å². The summed E-state index contributed by atoms with van der Waals surface area (Å²) in [6, 6.07) is 6.39. The van der Waals surface area contributed by atoms with Crippen LogP contribution in [0.1, 0.15) is 44.1 Å². The fourth-order valence-corrected chi connectivity index (χ4v) is 3.74. The third kappa shape index (κ3) is 4.75. The first kappa shape index (κ1) is 15.3. The minimum absolute atomic E-state index is 0.321. The van der Waals surface area contributed by atoms with E-state index in [9.17, 15) is 0 Å². The lowest BCUT2D eigenvalue weighted by Crippen LogP contribution is -2.38. The Labute approximate surface area is 129 Å². The predicted molar refractivity (Wildman–Crippen MR) is 85.2 cm³/mol. The Morgan fingerprint density at radius 3 is 2.68 bits per heavy atom. The molecule has 0 spiro atoms. The lowest BCUT2D eigenvalue weighted by molar-refractivity contribution is 0.298. The molecule has 2 rings (SSSR count).